The molecule has 21 heavy (non-hydrogen) atoms. The third-order valence-electron chi connectivity index (χ3n) is 3.21. The maximum atomic E-state index is 13.6. The molecule has 116 valence electrons. The lowest BCUT2D eigenvalue weighted by molar-refractivity contribution is -0.111. The van der Waals surface area contributed by atoms with Gasteiger partial charge in [0.1, 0.15) is 15.3 Å². The predicted molar refractivity (Wildman–Crippen MR) is 67.4 cm³/mol. The molecule has 0 bridgehead atoms. The van der Waals surface area contributed by atoms with Gasteiger partial charge in [-0.25, -0.2) is 4.39 Å². The second-order valence-electron chi connectivity index (χ2n) is 4.56. The Labute approximate surface area is 117 Å². The van der Waals surface area contributed by atoms with Gasteiger partial charge in [0.25, 0.3) is 0 Å². The Balaban J connectivity index is 2.85. The van der Waals surface area contributed by atoms with E-state index in [0.717, 1.165) is 6.07 Å². The lowest BCUT2D eigenvalue weighted by atomic mass is 10.1. The van der Waals surface area contributed by atoms with Gasteiger partial charge in [-0.15, -0.1) is 0 Å². The smallest absolute Gasteiger partial charge is 0.388 e. The number of nitrogens with two attached hydrogens (primary N) is 1. The van der Waals surface area contributed by atoms with Crippen molar-refractivity contribution in [3.05, 3.63) is 29.1 Å². The van der Waals surface area contributed by atoms with E-state index in [1.54, 1.807) is 0 Å². The van der Waals surface area contributed by atoms with E-state index in [1.165, 1.54) is 0 Å². The molecule has 1 aromatic carbocycles. The van der Waals surface area contributed by atoms with Gasteiger partial charge in [-0.05, 0) is 30.5 Å². The highest BCUT2D eigenvalue weighted by atomic mass is 32.2. The van der Waals surface area contributed by atoms with Gasteiger partial charge in [-0.1, -0.05) is 0 Å². The van der Waals surface area contributed by atoms with Crippen molar-refractivity contribution in [1.82, 2.24) is 0 Å². The van der Waals surface area contributed by atoms with Crippen LogP contribution in [0.15, 0.2) is 17.0 Å². The Kier molecular flexibility index (Phi) is 3.75. The molecule has 9 heteroatoms. The van der Waals surface area contributed by atoms with Gasteiger partial charge in [0.2, 0.25) is 5.91 Å². The molecule has 2 atom stereocenters. The predicted octanol–water partition coefficient (Wildman–Crippen LogP) is 1.26. The highest BCUT2D eigenvalue weighted by Crippen LogP contribution is 2.41. The van der Waals surface area contributed by atoms with E-state index in [4.69, 9.17) is 5.73 Å². The van der Waals surface area contributed by atoms with Crippen LogP contribution in [0.3, 0.4) is 0 Å². The number of halogens is 4. The van der Waals surface area contributed by atoms with Gasteiger partial charge in [0, 0.05) is 10.5 Å². The van der Waals surface area contributed by atoms with Crippen LogP contribution >= 0.6 is 0 Å². The van der Waals surface area contributed by atoms with Gasteiger partial charge in [-0.3, -0.25) is 9.00 Å². The van der Waals surface area contributed by atoms with E-state index in [0.29, 0.717) is 6.07 Å². The van der Waals surface area contributed by atoms with Crippen LogP contribution in [0.25, 0.3) is 0 Å². The first-order valence-electron chi connectivity index (χ1n) is 5.82. The first-order valence-corrected chi connectivity index (χ1v) is 7.44. The van der Waals surface area contributed by atoms with Crippen LogP contribution in [0.1, 0.15) is 23.7 Å². The highest BCUT2D eigenvalue weighted by Gasteiger charge is 2.46. The quantitative estimate of drug-likeness (QED) is 0.634. The number of carbonyl (C=O) groups is 1. The van der Waals surface area contributed by atoms with Crippen LogP contribution in [0.2, 0.25) is 0 Å². The summed E-state index contributed by atoms with van der Waals surface area (Å²) in [5.41, 5.74) is -1.05. The molecule has 0 heterocycles. The minimum absolute atomic E-state index is 0.0210. The number of amides is 1. The van der Waals surface area contributed by atoms with E-state index in [9.17, 15) is 31.7 Å². The molecule has 0 aromatic heterocycles. The van der Waals surface area contributed by atoms with Crippen molar-refractivity contribution in [3.63, 3.8) is 0 Å². The topological polar surface area (TPSA) is 80.4 Å². The van der Waals surface area contributed by atoms with Crippen molar-refractivity contribution in [3.8, 4) is 0 Å². The van der Waals surface area contributed by atoms with Crippen LogP contribution in [0, 0.1) is 5.82 Å². The van der Waals surface area contributed by atoms with Crippen molar-refractivity contribution in [1.29, 1.82) is 0 Å². The zero-order valence-corrected chi connectivity index (χ0v) is 11.3. The third kappa shape index (κ3) is 2.51. The fraction of sp³-hybridized carbons (Fsp3) is 0.333. The molecule has 0 radical (unpaired) electrons. The van der Waals surface area contributed by atoms with Crippen molar-refractivity contribution >= 4 is 20.8 Å². The highest BCUT2D eigenvalue weighted by molar-refractivity contribution is 8.03. The monoisotopic (exact) mass is 325 g/mol. The van der Waals surface area contributed by atoms with Gasteiger partial charge < -0.3 is 10.8 Å². The number of alkyl halides is 3. The molecule has 1 amide bonds. The molecule has 0 aliphatic heterocycles. The maximum absolute atomic E-state index is 13.6. The Bertz CT molecular complexity index is 720. The summed E-state index contributed by atoms with van der Waals surface area (Å²) in [6, 6.07) is 1.42. The van der Waals surface area contributed by atoms with Gasteiger partial charge in [0.05, 0.1) is 11.5 Å². The summed E-state index contributed by atoms with van der Waals surface area (Å²) in [5.74, 6) is -2.30. The van der Waals surface area contributed by atoms with E-state index >= 15 is 0 Å². The van der Waals surface area contributed by atoms with E-state index < -0.39 is 37.8 Å². The number of aliphatic hydroxyl groups excluding tert-OH is 1. The fourth-order valence-electron chi connectivity index (χ4n) is 2.34. The number of fused-ring (bicyclic) bond motifs is 1. The average Bonchev–Trinajstić information content (AvgIpc) is 2.71. The van der Waals surface area contributed by atoms with Crippen molar-refractivity contribution in [2.24, 2.45) is 5.73 Å². The SMILES string of the molecule is NC(=O)C=S(=O)(c1ccc(F)c2c1C(O)CC2)C(F)(F)F. The lowest BCUT2D eigenvalue weighted by Gasteiger charge is -2.19. The molecule has 1 aromatic rings. The lowest BCUT2D eigenvalue weighted by Crippen LogP contribution is -2.31. The number of primary amides is 1. The first-order chi connectivity index (χ1) is 9.58. The molecular formula is C12H11F4NO3S. The molecule has 2 unspecified atom stereocenters. The van der Waals surface area contributed by atoms with E-state index in [-0.39, 0.29) is 29.3 Å². The first kappa shape index (κ1) is 15.8. The molecular weight excluding hydrogens is 314 g/mol. The summed E-state index contributed by atoms with van der Waals surface area (Å²) in [6.45, 7) is 0. The standard InChI is InChI=1S/C12H11F4NO3S/c13-7-2-4-9(11-6(7)1-3-8(11)18)21(20,5-10(17)19)12(14,15)16/h2,4-5,8,18H,1,3H2,(H2,17,19). The molecule has 1 aliphatic rings. The van der Waals surface area contributed by atoms with Gasteiger partial charge in [-0.2, -0.15) is 13.2 Å². The number of hydrogen-bond donors (Lipinski definition) is 2. The summed E-state index contributed by atoms with van der Waals surface area (Å²) < 4.78 is 65.4. The second kappa shape index (κ2) is 4.99. The maximum Gasteiger partial charge on any atom is 0.468 e. The molecule has 0 fully saturated rings. The number of hydrogen-bond acceptors (Lipinski definition) is 3. The van der Waals surface area contributed by atoms with Gasteiger partial charge >= 0.3 is 5.51 Å². The number of carbonyl (C=O) groups excluding carboxylic acids is 1. The molecule has 0 saturated heterocycles. The summed E-state index contributed by atoms with van der Waals surface area (Å²) >= 11 is 0. The summed E-state index contributed by atoms with van der Waals surface area (Å²) in [4.78, 5) is 10.0. The minimum atomic E-state index is -5.28. The van der Waals surface area contributed by atoms with Crippen molar-refractivity contribution in [2.75, 3.05) is 0 Å². The van der Waals surface area contributed by atoms with Crippen molar-refractivity contribution < 1.29 is 31.7 Å². The Morgan fingerprint density at radius 1 is 1.43 bits per heavy atom. The van der Waals surface area contributed by atoms with Crippen LogP contribution in [-0.4, -0.2) is 26.1 Å². The van der Waals surface area contributed by atoms with Crippen LogP contribution in [0.4, 0.5) is 17.6 Å². The molecule has 4 nitrogen and oxygen atoms in total. The fourth-order valence-corrected chi connectivity index (χ4v) is 4.04. The van der Waals surface area contributed by atoms with Crippen LogP contribution < -0.4 is 5.73 Å². The Morgan fingerprint density at radius 3 is 2.57 bits per heavy atom. The molecule has 3 N–H and O–H groups in total. The number of aliphatic hydroxyl groups is 1. The summed E-state index contributed by atoms with van der Waals surface area (Å²) in [6.07, 6.45) is -1.32. The van der Waals surface area contributed by atoms with Crippen LogP contribution in [0.5, 0.6) is 0 Å². The number of benzene rings is 1. The second-order valence-corrected chi connectivity index (χ2v) is 6.90. The average molecular weight is 325 g/mol. The molecule has 1 aliphatic carbocycles. The Hall–Kier alpha value is -1.61. The third-order valence-corrected chi connectivity index (χ3v) is 5.47. The van der Waals surface area contributed by atoms with Crippen LogP contribution in [-0.2, 0) is 20.7 Å². The largest absolute Gasteiger partial charge is 0.468 e. The van der Waals surface area contributed by atoms with E-state index in [1.807, 2.05) is 0 Å². The summed E-state index contributed by atoms with van der Waals surface area (Å²) in [7, 11) is -4.98. The molecule has 0 spiro atoms. The summed E-state index contributed by atoms with van der Waals surface area (Å²) in [5, 5.41) is 9.64. The zero-order chi connectivity index (χ0) is 16.0. The van der Waals surface area contributed by atoms with Gasteiger partial charge in [0.15, 0.2) is 0 Å². The zero-order valence-electron chi connectivity index (χ0n) is 10.5. The molecule has 0 saturated carbocycles. The van der Waals surface area contributed by atoms with E-state index in [2.05, 4.69) is 0 Å². The van der Waals surface area contributed by atoms with Crippen molar-refractivity contribution in [2.45, 2.75) is 29.3 Å². The number of rotatable bonds is 2. The Morgan fingerprint density at radius 2 is 2.05 bits per heavy atom. The molecule has 2 rings (SSSR count). The minimum Gasteiger partial charge on any atom is -0.388 e. The normalized spacial score (nSPS) is 20.7.